The van der Waals surface area contributed by atoms with E-state index in [0.29, 0.717) is 22.4 Å². The van der Waals surface area contributed by atoms with Crippen molar-refractivity contribution >= 4 is 40.6 Å². The molecule has 0 saturated heterocycles. The number of fused-ring (bicyclic) bond motifs is 3. The van der Waals surface area contributed by atoms with Gasteiger partial charge in [0, 0.05) is 36.1 Å². The minimum atomic E-state index is -2.68. The summed E-state index contributed by atoms with van der Waals surface area (Å²) in [5.41, 5.74) is 4.54. The van der Waals surface area contributed by atoms with Crippen molar-refractivity contribution in [2.75, 3.05) is 5.32 Å². The number of primary amides is 1. The van der Waals surface area contributed by atoms with Crippen LogP contribution in [-0.2, 0) is 30.4 Å². The van der Waals surface area contributed by atoms with Crippen LogP contribution in [0.5, 0.6) is 5.75 Å². The van der Waals surface area contributed by atoms with Crippen molar-refractivity contribution in [2.24, 2.45) is 29.4 Å². The minimum absolute atomic E-state index is 0.00812. The van der Waals surface area contributed by atoms with E-state index in [1.807, 2.05) is 0 Å². The Labute approximate surface area is 222 Å². The zero-order chi connectivity index (χ0) is 28.2. The lowest BCUT2D eigenvalue weighted by atomic mass is 9.53. The number of nitrogens with one attached hydrogen (secondary N) is 1. The molecule has 0 bridgehead atoms. The highest BCUT2D eigenvalue weighted by Crippen LogP contribution is 2.50. The van der Waals surface area contributed by atoms with Crippen LogP contribution in [0.4, 0.5) is 5.69 Å². The minimum Gasteiger partial charge on any atom is -0.507 e. The number of carbonyl (C=O) groups is 6. The number of amides is 2. The number of nitrogens with two attached hydrogens (primary N) is 1. The summed E-state index contributed by atoms with van der Waals surface area (Å²) in [6.45, 7) is 1.40. The van der Waals surface area contributed by atoms with Gasteiger partial charge in [-0.25, -0.2) is 0 Å². The molecule has 3 aliphatic carbocycles. The Hall–Kier alpha value is -4.62. The largest absolute Gasteiger partial charge is 0.507 e. The Morgan fingerprint density at radius 1 is 1.00 bits per heavy atom. The van der Waals surface area contributed by atoms with Gasteiger partial charge in [0.25, 0.3) is 0 Å². The van der Waals surface area contributed by atoms with Gasteiger partial charge < -0.3 is 21.3 Å². The zero-order valence-electron chi connectivity index (χ0n) is 20.8. The monoisotopic (exact) mass is 528 g/mol. The topological polar surface area (TPSA) is 181 Å². The number of phenols is 1. The fourth-order valence-corrected chi connectivity index (χ4v) is 6.06. The molecule has 2 amide bonds. The van der Waals surface area contributed by atoms with Crippen molar-refractivity contribution in [3.05, 3.63) is 58.7 Å². The third-order valence-corrected chi connectivity index (χ3v) is 7.83. The SMILES string of the molecule is CC(=O)Nc1ccc(C#Cc2ccc(O)c3c2C[C@H]2C[C@H]4CC(=O)C(C(N)=O)C(=O)[C@@]4(O)C(=O)C2C3=O)cc1. The maximum absolute atomic E-state index is 13.6. The standard InChI is InChI=1S/C29H24N2O8/c1-13(32)31-18-7-3-14(4-8-18)2-5-15-6-9-20(33)23-19(15)11-16-10-17-12-21(34)24(28(30)38)27(37)29(17,39)26(36)22(16)25(23)35/h3-4,6-9,16-17,22,24,33,39H,10-12H2,1H3,(H2,30,38)(H,31,32)/t16-,17+,22?,24?,29+/m1/s1. The first-order valence-electron chi connectivity index (χ1n) is 12.3. The molecule has 2 aromatic rings. The van der Waals surface area contributed by atoms with Gasteiger partial charge in [0.15, 0.2) is 34.7 Å². The molecule has 5 N–H and O–H groups in total. The Kier molecular flexibility index (Phi) is 6.19. The van der Waals surface area contributed by atoms with E-state index in [2.05, 4.69) is 17.2 Å². The summed E-state index contributed by atoms with van der Waals surface area (Å²) >= 11 is 0. The normalized spacial score (nSPS) is 27.4. The number of phenolic OH excluding ortho intramolecular Hbond substituents is 1. The van der Waals surface area contributed by atoms with Crippen molar-refractivity contribution in [3.63, 3.8) is 0 Å². The molecule has 0 spiro atoms. The fourth-order valence-electron chi connectivity index (χ4n) is 6.06. The maximum Gasteiger partial charge on any atom is 0.235 e. The summed E-state index contributed by atoms with van der Waals surface area (Å²) in [7, 11) is 0. The molecule has 0 aromatic heterocycles. The highest BCUT2D eigenvalue weighted by atomic mass is 16.3. The molecular weight excluding hydrogens is 504 g/mol. The van der Waals surface area contributed by atoms with Crippen molar-refractivity contribution in [3.8, 4) is 17.6 Å². The van der Waals surface area contributed by atoms with Crippen molar-refractivity contribution in [1.29, 1.82) is 0 Å². The predicted molar refractivity (Wildman–Crippen MR) is 135 cm³/mol. The molecule has 5 atom stereocenters. The third kappa shape index (κ3) is 4.11. The molecule has 2 saturated carbocycles. The molecule has 3 aliphatic rings. The maximum atomic E-state index is 13.6. The number of rotatable bonds is 2. The Morgan fingerprint density at radius 2 is 1.69 bits per heavy atom. The molecule has 2 fully saturated rings. The zero-order valence-corrected chi connectivity index (χ0v) is 20.8. The van der Waals surface area contributed by atoms with E-state index < -0.39 is 64.7 Å². The van der Waals surface area contributed by atoms with Gasteiger partial charge in [-0.3, -0.25) is 28.8 Å². The second kappa shape index (κ2) is 9.29. The second-order valence-corrected chi connectivity index (χ2v) is 10.2. The van der Waals surface area contributed by atoms with Crippen LogP contribution in [0.3, 0.4) is 0 Å². The van der Waals surface area contributed by atoms with Gasteiger partial charge in [0.2, 0.25) is 11.8 Å². The van der Waals surface area contributed by atoms with Gasteiger partial charge in [-0.2, -0.15) is 0 Å². The molecule has 198 valence electrons. The van der Waals surface area contributed by atoms with Crippen molar-refractivity contribution < 1.29 is 39.0 Å². The van der Waals surface area contributed by atoms with Crippen LogP contribution < -0.4 is 11.1 Å². The predicted octanol–water partition coefficient (Wildman–Crippen LogP) is 0.685. The number of carbonyl (C=O) groups excluding carboxylic acids is 6. The number of benzene rings is 2. The summed E-state index contributed by atoms with van der Waals surface area (Å²) in [4.78, 5) is 75.6. The number of Topliss-reactive ketones (excluding diaryl/α,β-unsaturated/α-hetero) is 4. The molecule has 0 radical (unpaired) electrons. The second-order valence-electron chi connectivity index (χ2n) is 10.2. The quantitative estimate of drug-likeness (QED) is 0.324. The number of hydrogen-bond acceptors (Lipinski definition) is 8. The van der Waals surface area contributed by atoms with Gasteiger partial charge in [0.1, 0.15) is 5.75 Å². The number of ketones is 4. The number of anilines is 1. The molecule has 0 heterocycles. The van der Waals surface area contributed by atoms with E-state index >= 15 is 0 Å². The average molecular weight is 529 g/mol. The van der Waals surface area contributed by atoms with E-state index in [9.17, 15) is 39.0 Å². The highest BCUT2D eigenvalue weighted by molar-refractivity contribution is 6.31. The molecule has 39 heavy (non-hydrogen) atoms. The molecular formula is C29H24N2O8. The van der Waals surface area contributed by atoms with Crippen LogP contribution in [0.15, 0.2) is 36.4 Å². The van der Waals surface area contributed by atoms with E-state index in [-0.39, 0.29) is 30.1 Å². The molecule has 0 aliphatic heterocycles. The Bertz CT molecular complexity index is 1550. The van der Waals surface area contributed by atoms with Crippen LogP contribution >= 0.6 is 0 Å². The van der Waals surface area contributed by atoms with Crippen LogP contribution in [-0.4, -0.2) is 50.8 Å². The number of hydrogen-bond donors (Lipinski definition) is 4. The van der Waals surface area contributed by atoms with E-state index in [1.165, 1.54) is 13.0 Å². The Morgan fingerprint density at radius 3 is 2.33 bits per heavy atom. The lowest BCUT2D eigenvalue weighted by Gasteiger charge is -2.48. The number of aromatic hydroxyl groups is 1. The first-order chi connectivity index (χ1) is 18.4. The summed E-state index contributed by atoms with van der Waals surface area (Å²) in [6.07, 6.45) is -0.243. The van der Waals surface area contributed by atoms with Gasteiger partial charge in [0.05, 0.1) is 11.5 Å². The molecule has 10 nitrogen and oxygen atoms in total. The molecule has 5 rings (SSSR count). The average Bonchev–Trinajstić information content (AvgIpc) is 2.86. The lowest BCUT2D eigenvalue weighted by Crippen LogP contribution is -2.68. The van der Waals surface area contributed by atoms with Gasteiger partial charge >= 0.3 is 0 Å². The highest BCUT2D eigenvalue weighted by Gasteiger charge is 2.66. The van der Waals surface area contributed by atoms with Crippen LogP contribution in [0, 0.1) is 35.5 Å². The van der Waals surface area contributed by atoms with Gasteiger partial charge in [-0.1, -0.05) is 11.8 Å². The lowest BCUT2D eigenvalue weighted by molar-refractivity contribution is -0.175. The Balaban J connectivity index is 1.51. The first kappa shape index (κ1) is 26.0. The summed E-state index contributed by atoms with van der Waals surface area (Å²) < 4.78 is 0. The third-order valence-electron chi connectivity index (χ3n) is 7.83. The van der Waals surface area contributed by atoms with Crippen molar-refractivity contribution in [1.82, 2.24) is 0 Å². The molecule has 2 aromatic carbocycles. The van der Waals surface area contributed by atoms with Crippen LogP contribution in [0.25, 0.3) is 0 Å². The first-order valence-corrected chi connectivity index (χ1v) is 12.3. The fraction of sp³-hybridized carbons (Fsp3) is 0.310. The molecule has 2 unspecified atom stereocenters. The van der Waals surface area contributed by atoms with Crippen LogP contribution in [0.1, 0.15) is 46.8 Å². The smallest absolute Gasteiger partial charge is 0.235 e. The van der Waals surface area contributed by atoms with Crippen LogP contribution in [0.2, 0.25) is 0 Å². The van der Waals surface area contributed by atoms with E-state index in [1.54, 1.807) is 30.3 Å². The van der Waals surface area contributed by atoms with Gasteiger partial charge in [-0.05, 0) is 60.7 Å². The summed E-state index contributed by atoms with van der Waals surface area (Å²) in [5.74, 6) is -4.80. The van der Waals surface area contributed by atoms with E-state index in [0.717, 1.165) is 0 Å². The number of aliphatic hydroxyl groups is 1. The van der Waals surface area contributed by atoms with Crippen molar-refractivity contribution in [2.45, 2.75) is 31.8 Å². The summed E-state index contributed by atoms with van der Waals surface area (Å²) in [6, 6.07) is 9.66. The van der Waals surface area contributed by atoms with Gasteiger partial charge in [-0.15, -0.1) is 0 Å². The molecule has 10 heteroatoms. The summed E-state index contributed by atoms with van der Waals surface area (Å²) in [5, 5.41) is 24.5. The van der Waals surface area contributed by atoms with E-state index in [4.69, 9.17) is 5.73 Å².